The molecule has 0 radical (unpaired) electrons. The number of methoxy groups -OCH3 is 2. The topological polar surface area (TPSA) is 96.4 Å². The Kier molecular flexibility index (Phi) is 4.55. The van der Waals surface area contributed by atoms with Crippen molar-refractivity contribution in [2.75, 3.05) is 14.2 Å². The zero-order valence-corrected chi connectivity index (χ0v) is 16.9. The van der Waals surface area contributed by atoms with Gasteiger partial charge in [0.25, 0.3) is 0 Å². The zero-order chi connectivity index (χ0) is 21.4. The molecular formula is C22H18N6O3. The molecule has 0 saturated carbocycles. The summed E-state index contributed by atoms with van der Waals surface area (Å²) in [7, 11) is 3.19. The molecule has 9 heteroatoms. The summed E-state index contributed by atoms with van der Waals surface area (Å²) in [6.45, 7) is 0.339. The van der Waals surface area contributed by atoms with E-state index in [1.807, 2.05) is 36.4 Å². The van der Waals surface area contributed by atoms with Gasteiger partial charge in [0.1, 0.15) is 17.7 Å². The number of nitrogens with zero attached hydrogens (tertiary/aromatic N) is 6. The van der Waals surface area contributed by atoms with Gasteiger partial charge in [-0.15, -0.1) is 0 Å². The lowest BCUT2D eigenvalue weighted by molar-refractivity contribution is 0.398. The number of rotatable bonds is 5. The minimum Gasteiger partial charge on any atom is -0.497 e. The second kappa shape index (κ2) is 7.52. The van der Waals surface area contributed by atoms with Gasteiger partial charge in [0, 0.05) is 29.6 Å². The van der Waals surface area contributed by atoms with E-state index in [1.165, 1.54) is 10.8 Å². The lowest BCUT2D eigenvalue weighted by Gasteiger charge is -2.12. The Morgan fingerprint density at radius 1 is 0.871 bits per heavy atom. The number of hydrogen-bond donors (Lipinski definition) is 0. The van der Waals surface area contributed by atoms with Crippen molar-refractivity contribution in [1.29, 1.82) is 0 Å². The van der Waals surface area contributed by atoms with Gasteiger partial charge in [-0.2, -0.15) is 9.61 Å². The highest BCUT2D eigenvalue weighted by Crippen LogP contribution is 2.25. The molecule has 0 amide bonds. The number of pyridine rings is 2. The molecule has 5 aromatic rings. The van der Waals surface area contributed by atoms with Gasteiger partial charge >= 0.3 is 5.69 Å². The van der Waals surface area contributed by atoms with E-state index in [9.17, 15) is 4.79 Å². The number of benzene rings is 1. The summed E-state index contributed by atoms with van der Waals surface area (Å²) in [5, 5.41) is 4.84. The van der Waals surface area contributed by atoms with Crippen LogP contribution in [0, 0.1) is 0 Å². The van der Waals surface area contributed by atoms with Crippen molar-refractivity contribution >= 4 is 16.7 Å². The average Bonchev–Trinajstić information content (AvgIpc) is 3.32. The van der Waals surface area contributed by atoms with Crippen LogP contribution in [-0.2, 0) is 6.54 Å². The fraction of sp³-hybridized carbons (Fsp3) is 0.136. The first-order valence-corrected chi connectivity index (χ1v) is 9.53. The van der Waals surface area contributed by atoms with E-state index in [4.69, 9.17) is 9.47 Å². The van der Waals surface area contributed by atoms with Crippen LogP contribution in [0.3, 0.4) is 0 Å². The van der Waals surface area contributed by atoms with Crippen molar-refractivity contribution in [3.05, 3.63) is 77.2 Å². The van der Waals surface area contributed by atoms with E-state index in [0.717, 1.165) is 27.8 Å². The van der Waals surface area contributed by atoms with Crippen molar-refractivity contribution in [3.8, 4) is 22.8 Å². The highest BCUT2D eigenvalue weighted by Gasteiger charge is 2.15. The molecule has 0 saturated heterocycles. The molecule has 0 N–H and O–H groups in total. The average molecular weight is 414 g/mol. The van der Waals surface area contributed by atoms with E-state index < -0.39 is 0 Å². The van der Waals surface area contributed by atoms with E-state index in [0.29, 0.717) is 23.7 Å². The molecule has 31 heavy (non-hydrogen) atoms. The molecule has 5 rings (SSSR count). The summed E-state index contributed by atoms with van der Waals surface area (Å²) in [6.07, 6.45) is 4.81. The minimum absolute atomic E-state index is 0.304. The second-order valence-electron chi connectivity index (χ2n) is 6.90. The second-order valence-corrected chi connectivity index (χ2v) is 6.90. The third-order valence-electron chi connectivity index (χ3n) is 5.10. The first kappa shape index (κ1) is 18.7. The summed E-state index contributed by atoms with van der Waals surface area (Å²) in [5.74, 6) is 1.29. The van der Waals surface area contributed by atoms with Gasteiger partial charge in [-0.3, -0.25) is 4.57 Å². The van der Waals surface area contributed by atoms with Crippen LogP contribution in [0.5, 0.6) is 11.6 Å². The molecule has 0 unspecified atom stereocenters. The molecule has 0 aliphatic carbocycles. The van der Waals surface area contributed by atoms with Gasteiger partial charge in [0.2, 0.25) is 5.88 Å². The maximum Gasteiger partial charge on any atom is 0.352 e. The maximum absolute atomic E-state index is 13.1. The third kappa shape index (κ3) is 3.25. The van der Waals surface area contributed by atoms with E-state index in [1.54, 1.807) is 37.2 Å². The minimum atomic E-state index is -0.304. The van der Waals surface area contributed by atoms with E-state index >= 15 is 0 Å². The molecule has 0 spiro atoms. The SMILES string of the molecule is COc1ccc(Cn2c(=O)n3ncnc3c3cc(-c4ccc(OC)nc4)cnc32)cc1. The first-order valence-electron chi connectivity index (χ1n) is 9.53. The molecule has 154 valence electrons. The first-order chi connectivity index (χ1) is 15.2. The van der Waals surface area contributed by atoms with Crippen LogP contribution < -0.4 is 15.2 Å². The Bertz CT molecular complexity index is 1440. The molecule has 0 fully saturated rings. The molecule has 1 aromatic carbocycles. The van der Waals surface area contributed by atoms with Crippen LogP contribution in [-0.4, -0.2) is 43.4 Å². The Morgan fingerprint density at radius 2 is 1.68 bits per heavy atom. The summed E-state index contributed by atoms with van der Waals surface area (Å²) in [5.41, 5.74) is 3.35. The highest BCUT2D eigenvalue weighted by atomic mass is 16.5. The third-order valence-corrected chi connectivity index (χ3v) is 5.10. The molecule has 4 heterocycles. The van der Waals surface area contributed by atoms with Crippen molar-refractivity contribution in [2.24, 2.45) is 0 Å². The van der Waals surface area contributed by atoms with Gasteiger partial charge in [-0.1, -0.05) is 12.1 Å². The number of aromatic nitrogens is 6. The fourth-order valence-corrected chi connectivity index (χ4v) is 3.49. The number of fused-ring (bicyclic) bond motifs is 3. The summed E-state index contributed by atoms with van der Waals surface area (Å²) in [6, 6.07) is 13.2. The lowest BCUT2D eigenvalue weighted by Crippen LogP contribution is -2.28. The van der Waals surface area contributed by atoms with Gasteiger partial charge in [0.15, 0.2) is 5.65 Å². The van der Waals surface area contributed by atoms with Crippen molar-refractivity contribution in [1.82, 2.24) is 29.1 Å². The highest BCUT2D eigenvalue weighted by molar-refractivity contribution is 5.91. The number of hydrogen-bond acceptors (Lipinski definition) is 7. The zero-order valence-electron chi connectivity index (χ0n) is 16.9. The van der Waals surface area contributed by atoms with Gasteiger partial charge in [-0.05, 0) is 29.8 Å². The predicted molar refractivity (Wildman–Crippen MR) is 114 cm³/mol. The predicted octanol–water partition coefficient (Wildman–Crippen LogP) is 2.57. The Hall–Kier alpha value is -4.27. The molecule has 4 aromatic heterocycles. The molecule has 0 aliphatic heterocycles. The smallest absolute Gasteiger partial charge is 0.352 e. The summed E-state index contributed by atoms with van der Waals surface area (Å²) >= 11 is 0. The molecule has 0 atom stereocenters. The Balaban J connectivity index is 1.67. The van der Waals surface area contributed by atoms with Crippen LogP contribution in [0.4, 0.5) is 0 Å². The van der Waals surface area contributed by atoms with Crippen molar-refractivity contribution in [2.45, 2.75) is 6.54 Å². The fourth-order valence-electron chi connectivity index (χ4n) is 3.49. The van der Waals surface area contributed by atoms with E-state index in [-0.39, 0.29) is 5.69 Å². The van der Waals surface area contributed by atoms with Crippen LogP contribution in [0.15, 0.2) is 66.0 Å². The number of ether oxygens (including phenoxy) is 2. The molecule has 9 nitrogen and oxygen atoms in total. The Morgan fingerprint density at radius 3 is 2.39 bits per heavy atom. The Labute approximate surface area is 176 Å². The van der Waals surface area contributed by atoms with Gasteiger partial charge < -0.3 is 9.47 Å². The molecule has 0 aliphatic rings. The summed E-state index contributed by atoms with van der Waals surface area (Å²) < 4.78 is 13.2. The van der Waals surface area contributed by atoms with Crippen LogP contribution >= 0.6 is 0 Å². The molecule has 0 bridgehead atoms. The van der Waals surface area contributed by atoms with Crippen molar-refractivity contribution < 1.29 is 9.47 Å². The van der Waals surface area contributed by atoms with Crippen LogP contribution in [0.1, 0.15) is 5.56 Å². The standard InChI is InChI=1S/C22H18N6O3/c1-30-17-6-3-14(4-7-17)12-27-20-18(21-25-13-26-28(21)22(27)29)9-16(11-24-20)15-5-8-19(31-2)23-10-15/h3-11,13H,12H2,1-2H3. The summed E-state index contributed by atoms with van der Waals surface area (Å²) in [4.78, 5) is 26.3. The van der Waals surface area contributed by atoms with Crippen LogP contribution in [0.2, 0.25) is 0 Å². The largest absolute Gasteiger partial charge is 0.497 e. The monoisotopic (exact) mass is 414 g/mol. The quantitative estimate of drug-likeness (QED) is 0.436. The normalized spacial score (nSPS) is 11.2. The van der Waals surface area contributed by atoms with E-state index in [2.05, 4.69) is 20.1 Å². The van der Waals surface area contributed by atoms with Crippen LogP contribution in [0.25, 0.3) is 27.8 Å². The maximum atomic E-state index is 13.1. The van der Waals surface area contributed by atoms with Gasteiger partial charge in [0.05, 0.1) is 26.2 Å². The molecular weight excluding hydrogens is 396 g/mol. The lowest BCUT2D eigenvalue weighted by atomic mass is 10.1. The van der Waals surface area contributed by atoms with Gasteiger partial charge in [-0.25, -0.2) is 19.7 Å². The van der Waals surface area contributed by atoms with Crippen molar-refractivity contribution in [3.63, 3.8) is 0 Å².